The van der Waals surface area contributed by atoms with Gasteiger partial charge in [0.2, 0.25) is 0 Å². The normalized spacial score (nSPS) is 10.9. The first-order chi connectivity index (χ1) is 16.4. The first-order valence-electron chi connectivity index (χ1n) is 10.5. The molecular weight excluding hydrogens is 445 g/mol. The number of benzene rings is 1. The van der Waals surface area contributed by atoms with Gasteiger partial charge in [-0.15, -0.1) is 14.0 Å². The second-order valence-electron chi connectivity index (χ2n) is 7.89. The molecule has 9 nitrogen and oxygen atoms in total. The highest BCUT2D eigenvalue weighted by Gasteiger charge is 2.14. The number of nitrogens with zero attached hydrogens (tertiary/aromatic N) is 8. The Labute approximate surface area is 198 Å². The molecule has 0 radical (unpaired) electrons. The average Bonchev–Trinajstić information content (AvgIpc) is 3.43. The van der Waals surface area contributed by atoms with Crippen molar-refractivity contribution in [2.24, 2.45) is 0 Å². The summed E-state index contributed by atoms with van der Waals surface area (Å²) in [4.78, 5) is 9.40. The van der Waals surface area contributed by atoms with Crippen LogP contribution in [0.4, 0.5) is 11.5 Å². The molecule has 1 aromatic carbocycles. The number of anilines is 2. The molecule has 1 N–H and O–H groups in total. The summed E-state index contributed by atoms with van der Waals surface area (Å²) < 4.78 is 3.59. The number of aryl methyl sites for hydroxylation is 2. The van der Waals surface area contributed by atoms with E-state index in [0.717, 1.165) is 39.0 Å². The van der Waals surface area contributed by atoms with Gasteiger partial charge in [-0.25, -0.2) is 14.6 Å². The molecular formula is C24H20N9P. The van der Waals surface area contributed by atoms with Gasteiger partial charge >= 0.3 is 0 Å². The topological polar surface area (TPSA) is 110 Å². The van der Waals surface area contributed by atoms with Crippen LogP contribution >= 0.6 is 8.86 Å². The van der Waals surface area contributed by atoms with Crippen molar-refractivity contribution in [1.82, 2.24) is 34.5 Å². The van der Waals surface area contributed by atoms with E-state index < -0.39 is 0 Å². The number of hydrogen-bond donors (Lipinski definition) is 1. The summed E-state index contributed by atoms with van der Waals surface area (Å²) in [7, 11) is 3.64. The van der Waals surface area contributed by atoms with Gasteiger partial charge in [-0.1, -0.05) is 0 Å². The van der Waals surface area contributed by atoms with E-state index in [-0.39, 0.29) is 0 Å². The minimum Gasteiger partial charge on any atom is -0.339 e. The zero-order chi connectivity index (χ0) is 23.8. The van der Waals surface area contributed by atoms with Crippen LogP contribution in [0.5, 0.6) is 0 Å². The third-order valence-corrected chi connectivity index (χ3v) is 5.60. The number of pyridine rings is 1. The fourth-order valence-electron chi connectivity index (χ4n) is 3.59. The van der Waals surface area contributed by atoms with Gasteiger partial charge in [0.25, 0.3) is 0 Å². The first kappa shape index (κ1) is 21.4. The Bertz CT molecular complexity index is 1590. The second-order valence-corrected chi connectivity index (χ2v) is 8.64. The molecule has 0 aliphatic carbocycles. The monoisotopic (exact) mass is 465 g/mol. The fourth-order valence-corrected chi connectivity index (χ4v) is 3.74. The van der Waals surface area contributed by atoms with Crippen molar-refractivity contribution in [3.8, 4) is 17.7 Å². The number of imidazole rings is 1. The molecule has 0 atom stereocenters. The van der Waals surface area contributed by atoms with Crippen LogP contribution in [-0.4, -0.2) is 39.8 Å². The number of fused-ring (bicyclic) bond motifs is 1. The summed E-state index contributed by atoms with van der Waals surface area (Å²) in [6, 6.07) is 17.4. The highest BCUT2D eigenvalue weighted by Crippen LogP contribution is 2.25. The number of nitriles is 1. The molecule has 34 heavy (non-hydrogen) atoms. The van der Waals surface area contributed by atoms with Crippen molar-refractivity contribution in [2.45, 2.75) is 20.8 Å². The van der Waals surface area contributed by atoms with E-state index in [1.807, 2.05) is 67.8 Å². The lowest BCUT2D eigenvalue weighted by Crippen LogP contribution is -2.08. The Kier molecular flexibility index (Phi) is 5.36. The lowest BCUT2D eigenvalue weighted by atomic mass is 10.2. The highest BCUT2D eigenvalue weighted by atomic mass is 31.0. The molecule has 166 valence electrons. The molecule has 4 aromatic heterocycles. The Morgan fingerprint density at radius 1 is 1.03 bits per heavy atom. The van der Waals surface area contributed by atoms with Crippen LogP contribution in [0.25, 0.3) is 22.7 Å². The summed E-state index contributed by atoms with van der Waals surface area (Å²) in [6.07, 6.45) is 1.75. The third kappa shape index (κ3) is 4.03. The predicted molar refractivity (Wildman–Crippen MR) is 134 cm³/mol. The van der Waals surface area contributed by atoms with Crippen LogP contribution in [0, 0.1) is 25.2 Å². The molecule has 0 bridgehead atoms. The van der Waals surface area contributed by atoms with Crippen LogP contribution in [0.15, 0.2) is 54.9 Å². The van der Waals surface area contributed by atoms with E-state index in [1.54, 1.807) is 17.1 Å². The number of aromatic nitrogens is 7. The van der Waals surface area contributed by atoms with Crippen molar-refractivity contribution in [3.05, 3.63) is 77.5 Å². The van der Waals surface area contributed by atoms with Gasteiger partial charge < -0.3 is 5.32 Å². The minimum atomic E-state index is 0.341. The maximum Gasteiger partial charge on any atom is 0.163 e. The fraction of sp³-hybridized carbons (Fsp3) is 0.125. The molecule has 0 fully saturated rings. The predicted octanol–water partition coefficient (Wildman–Crippen LogP) is 4.31. The SMILES string of the molecule is CC(=P)c1cc(-n2nc(C#N)cc2C)nc(-n2cnc3ccc(Nc4ccc(C)nn4)cc32)c1. The standard InChI is InChI=1S/C24H20N9P/c1-14-4-7-22(30-29-14)27-18-5-6-20-21(11-18)32(13-26-20)23-9-17(16(3)34)10-24(28-23)33-15(2)8-19(12-25)31-33/h4-11,13,34H,1-3H3,(H,27,30). The van der Waals surface area contributed by atoms with E-state index in [2.05, 4.69) is 40.5 Å². The van der Waals surface area contributed by atoms with E-state index >= 15 is 0 Å². The van der Waals surface area contributed by atoms with Crippen LogP contribution in [0.2, 0.25) is 0 Å². The van der Waals surface area contributed by atoms with Crippen LogP contribution in [-0.2, 0) is 0 Å². The number of rotatable bonds is 5. The van der Waals surface area contributed by atoms with Crippen molar-refractivity contribution in [1.29, 1.82) is 5.26 Å². The summed E-state index contributed by atoms with van der Waals surface area (Å²) in [6.45, 7) is 5.76. The lowest BCUT2D eigenvalue weighted by Gasteiger charge is -2.12. The van der Waals surface area contributed by atoms with Gasteiger partial charge in [0, 0.05) is 11.4 Å². The van der Waals surface area contributed by atoms with Crippen molar-refractivity contribution >= 4 is 36.7 Å². The maximum absolute atomic E-state index is 9.25. The van der Waals surface area contributed by atoms with Crippen LogP contribution in [0.1, 0.15) is 29.6 Å². The Morgan fingerprint density at radius 3 is 2.56 bits per heavy atom. The summed E-state index contributed by atoms with van der Waals surface area (Å²) in [5.41, 5.74) is 5.52. The maximum atomic E-state index is 9.25. The second kappa shape index (κ2) is 8.50. The lowest BCUT2D eigenvalue weighted by molar-refractivity contribution is 0.805. The molecule has 0 spiro atoms. The van der Waals surface area contributed by atoms with Gasteiger partial charge in [-0.2, -0.15) is 15.5 Å². The number of nitrogens with one attached hydrogen (secondary N) is 1. The Morgan fingerprint density at radius 2 is 1.85 bits per heavy atom. The van der Waals surface area contributed by atoms with E-state index in [1.165, 1.54) is 0 Å². The third-order valence-electron chi connectivity index (χ3n) is 5.31. The van der Waals surface area contributed by atoms with E-state index in [0.29, 0.717) is 23.1 Å². The average molecular weight is 465 g/mol. The summed E-state index contributed by atoms with van der Waals surface area (Å²) in [5.74, 6) is 1.94. The van der Waals surface area contributed by atoms with Gasteiger partial charge in [0.15, 0.2) is 17.3 Å². The van der Waals surface area contributed by atoms with Crippen LogP contribution in [0.3, 0.4) is 0 Å². The van der Waals surface area contributed by atoms with Crippen LogP contribution < -0.4 is 5.32 Å². The molecule has 4 heterocycles. The van der Waals surface area contributed by atoms with Gasteiger partial charge in [0.1, 0.15) is 18.2 Å². The van der Waals surface area contributed by atoms with Crippen molar-refractivity contribution < 1.29 is 0 Å². The smallest absolute Gasteiger partial charge is 0.163 e. The Hall–Kier alpha value is -4.41. The molecule has 0 aliphatic rings. The summed E-state index contributed by atoms with van der Waals surface area (Å²) in [5, 5.41) is 26.1. The Balaban J connectivity index is 1.61. The molecule has 10 heteroatoms. The van der Waals surface area contributed by atoms with Crippen molar-refractivity contribution in [3.63, 3.8) is 0 Å². The first-order valence-corrected chi connectivity index (χ1v) is 11.0. The molecule has 5 aromatic rings. The van der Waals surface area contributed by atoms with Crippen molar-refractivity contribution in [2.75, 3.05) is 5.32 Å². The molecule has 0 aliphatic heterocycles. The largest absolute Gasteiger partial charge is 0.339 e. The molecule has 0 saturated carbocycles. The zero-order valence-electron chi connectivity index (χ0n) is 18.8. The van der Waals surface area contributed by atoms with E-state index in [4.69, 9.17) is 4.98 Å². The molecule has 0 saturated heterocycles. The molecule has 5 rings (SSSR count). The molecule has 0 amide bonds. The zero-order valence-corrected chi connectivity index (χ0v) is 19.8. The molecule has 0 unspecified atom stereocenters. The van der Waals surface area contributed by atoms with E-state index in [9.17, 15) is 5.26 Å². The van der Waals surface area contributed by atoms with Gasteiger partial charge in [-0.05, 0) is 80.2 Å². The minimum absolute atomic E-state index is 0.341. The van der Waals surface area contributed by atoms with Gasteiger partial charge in [0.05, 0.1) is 16.7 Å². The number of hydrogen-bond acceptors (Lipinski definition) is 7. The van der Waals surface area contributed by atoms with Gasteiger partial charge in [-0.3, -0.25) is 4.57 Å². The highest BCUT2D eigenvalue weighted by molar-refractivity contribution is 7.22. The quantitative estimate of drug-likeness (QED) is 0.385. The summed E-state index contributed by atoms with van der Waals surface area (Å²) >= 11 is 0.